The maximum absolute atomic E-state index is 12.0. The first-order valence-electron chi connectivity index (χ1n) is 6.23. The number of rotatable bonds is 6. The average molecular weight is 261 g/mol. The number of hydrogen-bond acceptors (Lipinski definition) is 3. The van der Waals surface area contributed by atoms with Crippen LogP contribution in [-0.4, -0.2) is 24.5 Å². The lowest BCUT2D eigenvalue weighted by atomic mass is 10.1. The van der Waals surface area contributed by atoms with Gasteiger partial charge in [-0.3, -0.25) is 4.79 Å². The summed E-state index contributed by atoms with van der Waals surface area (Å²) in [6.07, 6.45) is 1.92. The molecule has 4 nitrogen and oxygen atoms in total. The third kappa shape index (κ3) is 4.58. The van der Waals surface area contributed by atoms with Crippen molar-refractivity contribution in [2.45, 2.75) is 26.3 Å². The minimum atomic E-state index is -0.689. The number of hydrogen-bond donors (Lipinski definition) is 1. The number of aryl methyl sites for hydroxylation is 1. The summed E-state index contributed by atoms with van der Waals surface area (Å²) in [6.45, 7) is 7.53. The lowest BCUT2D eigenvalue weighted by Crippen LogP contribution is -2.41. The van der Waals surface area contributed by atoms with Gasteiger partial charge < -0.3 is 10.1 Å². The summed E-state index contributed by atoms with van der Waals surface area (Å²) in [6, 6.07) is 6.46. The Balaban J connectivity index is 2.73. The SMILES string of the molecule is C=CCC(NC(=O)c1ccc(C)cc1)C(=O)OCC. The molecule has 0 aromatic heterocycles. The summed E-state index contributed by atoms with van der Waals surface area (Å²) in [5, 5.41) is 2.65. The summed E-state index contributed by atoms with van der Waals surface area (Å²) in [5.74, 6) is -0.734. The van der Waals surface area contributed by atoms with Gasteiger partial charge in [0.25, 0.3) is 5.91 Å². The van der Waals surface area contributed by atoms with Gasteiger partial charge in [0.2, 0.25) is 0 Å². The van der Waals surface area contributed by atoms with E-state index in [0.717, 1.165) is 5.56 Å². The van der Waals surface area contributed by atoms with Crippen molar-refractivity contribution in [2.75, 3.05) is 6.61 Å². The van der Waals surface area contributed by atoms with E-state index >= 15 is 0 Å². The Kier molecular flexibility index (Phi) is 5.79. The van der Waals surface area contributed by atoms with E-state index in [-0.39, 0.29) is 12.5 Å². The molecule has 0 aliphatic heterocycles. The summed E-state index contributed by atoms with van der Waals surface area (Å²) in [4.78, 5) is 23.7. The van der Waals surface area contributed by atoms with Crippen LogP contribution in [0.15, 0.2) is 36.9 Å². The van der Waals surface area contributed by atoms with E-state index in [4.69, 9.17) is 4.74 Å². The smallest absolute Gasteiger partial charge is 0.328 e. The van der Waals surface area contributed by atoms with Crippen LogP contribution in [0, 0.1) is 6.92 Å². The van der Waals surface area contributed by atoms with Gasteiger partial charge in [0.05, 0.1) is 6.61 Å². The Morgan fingerprint density at radius 3 is 2.53 bits per heavy atom. The number of ether oxygens (including phenoxy) is 1. The van der Waals surface area contributed by atoms with E-state index in [1.165, 1.54) is 0 Å². The molecule has 4 heteroatoms. The van der Waals surface area contributed by atoms with E-state index in [2.05, 4.69) is 11.9 Å². The molecule has 102 valence electrons. The van der Waals surface area contributed by atoms with Crippen LogP contribution < -0.4 is 5.32 Å². The highest BCUT2D eigenvalue weighted by atomic mass is 16.5. The molecule has 0 aliphatic rings. The predicted molar refractivity (Wildman–Crippen MR) is 73.9 cm³/mol. The zero-order valence-corrected chi connectivity index (χ0v) is 11.3. The van der Waals surface area contributed by atoms with Gasteiger partial charge in [-0.1, -0.05) is 23.8 Å². The van der Waals surface area contributed by atoms with Crippen molar-refractivity contribution in [3.8, 4) is 0 Å². The Labute approximate surface area is 113 Å². The highest BCUT2D eigenvalue weighted by Crippen LogP contribution is 2.05. The van der Waals surface area contributed by atoms with Gasteiger partial charge in [0.15, 0.2) is 0 Å². The van der Waals surface area contributed by atoms with Crippen molar-refractivity contribution in [2.24, 2.45) is 0 Å². The van der Waals surface area contributed by atoms with Crippen molar-refractivity contribution in [3.05, 3.63) is 48.0 Å². The fourth-order valence-corrected chi connectivity index (χ4v) is 1.57. The van der Waals surface area contributed by atoms with Gasteiger partial charge in [-0.15, -0.1) is 6.58 Å². The molecule has 19 heavy (non-hydrogen) atoms. The van der Waals surface area contributed by atoms with Gasteiger partial charge in [0.1, 0.15) is 6.04 Å². The normalized spacial score (nSPS) is 11.5. The van der Waals surface area contributed by atoms with Crippen LogP contribution in [-0.2, 0) is 9.53 Å². The molecule has 0 spiro atoms. The first-order valence-corrected chi connectivity index (χ1v) is 6.23. The summed E-state index contributed by atoms with van der Waals surface area (Å²) >= 11 is 0. The average Bonchev–Trinajstić information content (AvgIpc) is 2.39. The van der Waals surface area contributed by atoms with E-state index < -0.39 is 12.0 Å². The lowest BCUT2D eigenvalue weighted by Gasteiger charge is -2.15. The van der Waals surface area contributed by atoms with Gasteiger partial charge in [-0.05, 0) is 32.4 Å². The van der Waals surface area contributed by atoms with E-state index in [1.54, 1.807) is 25.1 Å². The van der Waals surface area contributed by atoms with Gasteiger partial charge in [-0.2, -0.15) is 0 Å². The van der Waals surface area contributed by atoms with Crippen molar-refractivity contribution < 1.29 is 14.3 Å². The molecule has 1 N–H and O–H groups in total. The Hall–Kier alpha value is -2.10. The molecule has 1 aromatic rings. The number of nitrogens with one attached hydrogen (secondary N) is 1. The minimum absolute atomic E-state index is 0.285. The minimum Gasteiger partial charge on any atom is -0.464 e. The summed E-state index contributed by atoms with van der Waals surface area (Å²) in [7, 11) is 0. The standard InChI is InChI=1S/C15H19NO3/c1-4-6-13(15(18)19-5-2)16-14(17)12-9-7-11(3)8-10-12/h4,7-10,13H,1,5-6H2,2-3H3,(H,16,17). The zero-order chi connectivity index (χ0) is 14.3. The second kappa shape index (κ2) is 7.36. The van der Waals surface area contributed by atoms with Crippen molar-refractivity contribution >= 4 is 11.9 Å². The fraction of sp³-hybridized carbons (Fsp3) is 0.333. The van der Waals surface area contributed by atoms with Crippen LogP contribution in [0.3, 0.4) is 0 Å². The summed E-state index contributed by atoms with van der Waals surface area (Å²) in [5.41, 5.74) is 1.59. The molecule has 0 aliphatic carbocycles. The van der Waals surface area contributed by atoms with Crippen LogP contribution in [0.2, 0.25) is 0 Å². The molecular weight excluding hydrogens is 242 g/mol. The third-order valence-corrected chi connectivity index (χ3v) is 2.59. The van der Waals surface area contributed by atoms with Crippen LogP contribution >= 0.6 is 0 Å². The fourth-order valence-electron chi connectivity index (χ4n) is 1.57. The Morgan fingerprint density at radius 2 is 2.00 bits per heavy atom. The topological polar surface area (TPSA) is 55.4 Å². The molecule has 1 rings (SSSR count). The molecule has 1 unspecified atom stereocenters. The van der Waals surface area contributed by atoms with Crippen molar-refractivity contribution in [1.82, 2.24) is 5.32 Å². The molecule has 0 radical (unpaired) electrons. The lowest BCUT2D eigenvalue weighted by molar-refractivity contribution is -0.145. The first-order chi connectivity index (χ1) is 9.08. The van der Waals surface area contributed by atoms with Gasteiger partial charge in [-0.25, -0.2) is 4.79 Å². The van der Waals surface area contributed by atoms with E-state index in [0.29, 0.717) is 12.0 Å². The predicted octanol–water partition coefficient (Wildman–Crippen LogP) is 2.23. The van der Waals surface area contributed by atoms with Crippen LogP contribution in [0.25, 0.3) is 0 Å². The van der Waals surface area contributed by atoms with E-state index in [1.807, 2.05) is 19.1 Å². The Bertz CT molecular complexity index is 451. The second-order valence-electron chi connectivity index (χ2n) is 4.17. The number of carbonyl (C=O) groups excluding carboxylic acids is 2. The number of amides is 1. The third-order valence-electron chi connectivity index (χ3n) is 2.59. The van der Waals surface area contributed by atoms with Gasteiger partial charge in [0, 0.05) is 5.56 Å². The zero-order valence-electron chi connectivity index (χ0n) is 11.3. The quantitative estimate of drug-likeness (QED) is 0.631. The first kappa shape index (κ1) is 15.0. The van der Waals surface area contributed by atoms with Crippen LogP contribution in [0.5, 0.6) is 0 Å². The van der Waals surface area contributed by atoms with Gasteiger partial charge >= 0.3 is 5.97 Å². The number of esters is 1. The molecule has 0 fully saturated rings. The summed E-state index contributed by atoms with van der Waals surface area (Å²) < 4.78 is 4.91. The number of carbonyl (C=O) groups is 2. The van der Waals surface area contributed by atoms with E-state index in [9.17, 15) is 9.59 Å². The van der Waals surface area contributed by atoms with Crippen LogP contribution in [0.4, 0.5) is 0 Å². The van der Waals surface area contributed by atoms with Crippen LogP contribution in [0.1, 0.15) is 29.3 Å². The van der Waals surface area contributed by atoms with Crippen molar-refractivity contribution in [3.63, 3.8) is 0 Å². The molecule has 1 aromatic carbocycles. The maximum atomic E-state index is 12.0. The molecule has 1 atom stereocenters. The largest absolute Gasteiger partial charge is 0.464 e. The Morgan fingerprint density at radius 1 is 1.37 bits per heavy atom. The van der Waals surface area contributed by atoms with Crippen molar-refractivity contribution in [1.29, 1.82) is 0 Å². The molecule has 0 heterocycles. The maximum Gasteiger partial charge on any atom is 0.328 e. The molecule has 0 saturated carbocycles. The monoisotopic (exact) mass is 261 g/mol. The second-order valence-corrected chi connectivity index (χ2v) is 4.17. The number of benzene rings is 1. The molecular formula is C15H19NO3. The highest BCUT2D eigenvalue weighted by molar-refractivity contribution is 5.96. The highest BCUT2D eigenvalue weighted by Gasteiger charge is 2.21. The molecule has 0 bridgehead atoms. The molecule has 0 saturated heterocycles. The molecule has 1 amide bonds.